The number of nitrogens with zero attached hydrogens (tertiary/aromatic N) is 2. The predicted molar refractivity (Wildman–Crippen MR) is 128 cm³/mol. The number of carbonyl (C=O) groups excluding carboxylic acids is 1. The second-order valence-electron chi connectivity index (χ2n) is 7.64. The zero-order valence-electron chi connectivity index (χ0n) is 18.2. The van der Waals surface area contributed by atoms with Crippen molar-refractivity contribution in [2.24, 2.45) is 0 Å². The van der Waals surface area contributed by atoms with Gasteiger partial charge < -0.3 is 19.8 Å². The molecule has 2 N–H and O–H groups in total. The Morgan fingerprint density at radius 2 is 1.82 bits per heavy atom. The normalized spacial score (nSPS) is 11.9. The summed E-state index contributed by atoms with van der Waals surface area (Å²) in [4.78, 5) is 20.4. The maximum Gasteiger partial charge on any atom is 0.296 e. The van der Waals surface area contributed by atoms with E-state index in [2.05, 4.69) is 57.9 Å². The number of hydrogen-bond donors (Lipinski definition) is 2. The van der Waals surface area contributed by atoms with Crippen molar-refractivity contribution in [2.75, 3.05) is 12.4 Å². The molecule has 0 saturated heterocycles. The number of ether oxygens (including phenoxy) is 1. The third kappa shape index (κ3) is 4.21. The van der Waals surface area contributed by atoms with Crippen LogP contribution in [-0.4, -0.2) is 22.9 Å². The fourth-order valence-corrected chi connectivity index (χ4v) is 3.78. The lowest BCUT2D eigenvalue weighted by Crippen LogP contribution is -2.18. The fraction of sp³-hybridized carbons (Fsp3) is 0.115. The van der Waals surface area contributed by atoms with Crippen LogP contribution in [-0.2, 0) is 0 Å². The molecular formula is C26H22N4O3. The van der Waals surface area contributed by atoms with E-state index in [0.717, 1.165) is 5.52 Å². The smallest absolute Gasteiger partial charge is 0.296 e. The highest BCUT2D eigenvalue weighted by Crippen LogP contribution is 2.30. The van der Waals surface area contributed by atoms with Crippen molar-refractivity contribution < 1.29 is 13.9 Å². The molecule has 164 valence electrons. The molecule has 0 aliphatic carbocycles. The summed E-state index contributed by atoms with van der Waals surface area (Å²) in [6.07, 6.45) is 1.53. The molecule has 2 heterocycles. The van der Waals surface area contributed by atoms with Crippen molar-refractivity contribution in [3.8, 4) is 11.5 Å². The molecule has 3 aromatic carbocycles. The summed E-state index contributed by atoms with van der Waals surface area (Å²) < 4.78 is 11.9. The number of anilines is 1. The minimum absolute atomic E-state index is 0.000153. The van der Waals surface area contributed by atoms with Crippen LogP contribution >= 0.6 is 0 Å². The number of aromatic nitrogens is 2. The van der Waals surface area contributed by atoms with Crippen LogP contribution in [0.4, 0.5) is 6.01 Å². The molecule has 2 aromatic heterocycles. The molecule has 0 radical (unpaired) electrons. The van der Waals surface area contributed by atoms with Gasteiger partial charge in [0.2, 0.25) is 0 Å². The number of amides is 1. The minimum atomic E-state index is -0.276. The summed E-state index contributed by atoms with van der Waals surface area (Å²) in [6.45, 7) is 2.08. The van der Waals surface area contributed by atoms with Crippen LogP contribution in [0.25, 0.3) is 21.9 Å². The van der Waals surface area contributed by atoms with Crippen LogP contribution in [0.15, 0.2) is 83.4 Å². The van der Waals surface area contributed by atoms with Gasteiger partial charge in [-0.25, -0.2) is 0 Å². The first-order valence-electron chi connectivity index (χ1n) is 10.6. The summed E-state index contributed by atoms with van der Waals surface area (Å²) in [6, 6.07) is 23.7. The van der Waals surface area contributed by atoms with Crippen molar-refractivity contribution in [3.05, 3.63) is 90.3 Å². The summed E-state index contributed by atoms with van der Waals surface area (Å²) in [5.41, 5.74) is 2.77. The van der Waals surface area contributed by atoms with E-state index in [1.807, 2.05) is 24.3 Å². The highest BCUT2D eigenvalue weighted by molar-refractivity contribution is 5.92. The number of carbonyl (C=O) groups is 1. The largest absolute Gasteiger partial charge is 0.457 e. The van der Waals surface area contributed by atoms with Gasteiger partial charge in [-0.15, -0.1) is 0 Å². The lowest BCUT2D eigenvalue weighted by atomic mass is 10.00. The van der Waals surface area contributed by atoms with Crippen LogP contribution in [0.3, 0.4) is 0 Å². The molecule has 1 unspecified atom stereocenters. The Morgan fingerprint density at radius 1 is 1.00 bits per heavy atom. The predicted octanol–water partition coefficient (Wildman–Crippen LogP) is 5.70. The molecule has 5 aromatic rings. The van der Waals surface area contributed by atoms with E-state index < -0.39 is 0 Å². The second kappa shape index (κ2) is 8.63. The van der Waals surface area contributed by atoms with E-state index >= 15 is 0 Å². The van der Waals surface area contributed by atoms with E-state index in [1.165, 1.54) is 22.5 Å². The van der Waals surface area contributed by atoms with Gasteiger partial charge >= 0.3 is 0 Å². The molecule has 1 amide bonds. The van der Waals surface area contributed by atoms with Crippen LogP contribution in [0.1, 0.15) is 29.0 Å². The first-order valence-corrected chi connectivity index (χ1v) is 10.6. The summed E-state index contributed by atoms with van der Waals surface area (Å²) >= 11 is 0. The zero-order chi connectivity index (χ0) is 22.8. The molecule has 0 bridgehead atoms. The van der Waals surface area contributed by atoms with Gasteiger partial charge in [0.05, 0.1) is 6.04 Å². The van der Waals surface area contributed by atoms with E-state index in [4.69, 9.17) is 9.15 Å². The Hall–Kier alpha value is -4.39. The molecule has 0 aliphatic heterocycles. The van der Waals surface area contributed by atoms with Crippen molar-refractivity contribution >= 4 is 33.8 Å². The lowest BCUT2D eigenvalue weighted by molar-refractivity contribution is 0.0958. The van der Waals surface area contributed by atoms with Crippen LogP contribution in [0.5, 0.6) is 11.5 Å². The van der Waals surface area contributed by atoms with E-state index in [1.54, 1.807) is 25.2 Å². The molecule has 7 heteroatoms. The summed E-state index contributed by atoms with van der Waals surface area (Å²) in [5, 5.41) is 8.30. The third-order valence-corrected chi connectivity index (χ3v) is 5.42. The standard InChI is InChI=1S/C26H22N4O3/c1-16(20-9-5-7-17-6-3-4-8-21(17)20)29-26-30-22-11-10-18(15-24(22)33-26)32-19-12-13-28-23(14-19)25(31)27-2/h3-16H,1-2H3,(H,27,31)(H,29,30). The van der Waals surface area contributed by atoms with Gasteiger partial charge in [0, 0.05) is 25.4 Å². The highest BCUT2D eigenvalue weighted by Gasteiger charge is 2.14. The number of nitrogens with one attached hydrogen (secondary N) is 2. The first kappa shape index (κ1) is 20.5. The number of benzene rings is 3. The number of rotatable bonds is 6. The molecule has 7 nitrogen and oxygen atoms in total. The van der Waals surface area contributed by atoms with Gasteiger partial charge in [0.15, 0.2) is 5.58 Å². The topological polar surface area (TPSA) is 89.3 Å². The van der Waals surface area contributed by atoms with Crippen molar-refractivity contribution in [1.82, 2.24) is 15.3 Å². The molecule has 33 heavy (non-hydrogen) atoms. The SMILES string of the molecule is CNC(=O)c1cc(Oc2ccc3nc(NC(C)c4cccc5ccccc45)oc3c2)ccn1. The quantitative estimate of drug-likeness (QED) is 0.353. The maximum absolute atomic E-state index is 11.8. The maximum atomic E-state index is 11.8. The average Bonchev–Trinajstić information content (AvgIpc) is 3.24. The average molecular weight is 438 g/mol. The highest BCUT2D eigenvalue weighted by atomic mass is 16.5. The Balaban J connectivity index is 1.37. The van der Waals surface area contributed by atoms with Crippen LogP contribution in [0.2, 0.25) is 0 Å². The van der Waals surface area contributed by atoms with Gasteiger partial charge in [-0.1, -0.05) is 42.5 Å². The third-order valence-electron chi connectivity index (χ3n) is 5.42. The van der Waals surface area contributed by atoms with E-state index in [0.29, 0.717) is 23.1 Å². The number of hydrogen-bond acceptors (Lipinski definition) is 6. The van der Waals surface area contributed by atoms with E-state index in [-0.39, 0.29) is 17.6 Å². The Kier molecular flexibility index (Phi) is 5.36. The zero-order valence-corrected chi connectivity index (χ0v) is 18.2. The van der Waals surface area contributed by atoms with Gasteiger partial charge in [-0.3, -0.25) is 9.78 Å². The summed E-state index contributed by atoms with van der Waals surface area (Å²) in [5.74, 6) is 0.800. The number of oxazole rings is 1. The minimum Gasteiger partial charge on any atom is -0.457 e. The molecule has 5 rings (SSSR count). The molecule has 0 aliphatic rings. The summed E-state index contributed by atoms with van der Waals surface area (Å²) in [7, 11) is 1.56. The Morgan fingerprint density at radius 3 is 2.70 bits per heavy atom. The fourth-order valence-electron chi connectivity index (χ4n) is 3.78. The lowest BCUT2D eigenvalue weighted by Gasteiger charge is -2.15. The van der Waals surface area contributed by atoms with Gasteiger partial charge in [0.25, 0.3) is 11.9 Å². The molecule has 0 spiro atoms. The molecule has 1 atom stereocenters. The van der Waals surface area contributed by atoms with Crippen molar-refractivity contribution in [3.63, 3.8) is 0 Å². The van der Waals surface area contributed by atoms with Crippen LogP contribution < -0.4 is 15.4 Å². The first-order chi connectivity index (χ1) is 16.1. The van der Waals surface area contributed by atoms with E-state index in [9.17, 15) is 4.79 Å². The molecular weight excluding hydrogens is 416 g/mol. The Labute approximate surface area is 190 Å². The number of fused-ring (bicyclic) bond motifs is 2. The van der Waals surface area contributed by atoms with Crippen molar-refractivity contribution in [2.45, 2.75) is 13.0 Å². The van der Waals surface area contributed by atoms with Crippen molar-refractivity contribution in [1.29, 1.82) is 0 Å². The van der Waals surface area contributed by atoms with Gasteiger partial charge in [0.1, 0.15) is 22.7 Å². The number of pyridine rings is 1. The van der Waals surface area contributed by atoms with Gasteiger partial charge in [-0.05, 0) is 41.5 Å². The van der Waals surface area contributed by atoms with Crippen LogP contribution in [0, 0.1) is 0 Å². The Bertz CT molecular complexity index is 1460. The second-order valence-corrected chi connectivity index (χ2v) is 7.64. The monoisotopic (exact) mass is 438 g/mol. The van der Waals surface area contributed by atoms with Gasteiger partial charge in [-0.2, -0.15) is 4.98 Å². The molecule has 0 fully saturated rings. The molecule has 0 saturated carbocycles.